The van der Waals surface area contributed by atoms with E-state index in [4.69, 9.17) is 0 Å². The van der Waals surface area contributed by atoms with E-state index in [1.54, 1.807) is 0 Å². The van der Waals surface area contributed by atoms with Crippen LogP contribution in [0.4, 0.5) is 5.69 Å². The fraction of sp³-hybridized carbons (Fsp3) is 0.200. The fourth-order valence-electron chi connectivity index (χ4n) is 2.54. The van der Waals surface area contributed by atoms with Gasteiger partial charge in [0.1, 0.15) is 0 Å². The molecule has 1 aromatic heterocycles. The van der Waals surface area contributed by atoms with Crippen molar-refractivity contribution in [1.29, 1.82) is 0 Å². The van der Waals surface area contributed by atoms with E-state index in [2.05, 4.69) is 5.10 Å². The summed E-state index contributed by atoms with van der Waals surface area (Å²) in [7, 11) is 0. The van der Waals surface area contributed by atoms with E-state index >= 15 is 0 Å². The second-order valence-electron chi connectivity index (χ2n) is 5.09. The lowest BCUT2D eigenvalue weighted by Crippen LogP contribution is -2.25. The summed E-state index contributed by atoms with van der Waals surface area (Å²) in [5.74, 6) is -0.651. The van der Waals surface area contributed by atoms with Gasteiger partial charge in [-0.15, -0.1) is 17.1 Å². The molecule has 118 valence electrons. The molecule has 0 radical (unpaired) electrons. The van der Waals surface area contributed by atoms with E-state index in [0.29, 0.717) is 12.1 Å². The summed E-state index contributed by atoms with van der Waals surface area (Å²) in [6.07, 6.45) is 0.358. The number of hydrazone groups is 1. The zero-order valence-corrected chi connectivity index (χ0v) is 12.9. The Morgan fingerprint density at radius 3 is 2.83 bits per heavy atom. The molecule has 0 unspecified atom stereocenters. The van der Waals surface area contributed by atoms with Gasteiger partial charge in [-0.1, -0.05) is 12.1 Å². The molecule has 2 heterocycles. The molecule has 3 rings (SSSR count). The predicted molar refractivity (Wildman–Crippen MR) is 83.3 cm³/mol. The van der Waals surface area contributed by atoms with Gasteiger partial charge in [0.15, 0.2) is 0 Å². The molecule has 2 aromatic rings. The number of carbonyl (C=O) groups is 1. The normalized spacial score (nSPS) is 17.2. The molecule has 1 amide bonds. The van der Waals surface area contributed by atoms with Crippen LogP contribution in [0.5, 0.6) is 5.75 Å². The van der Waals surface area contributed by atoms with Crippen molar-refractivity contribution in [3.63, 3.8) is 0 Å². The van der Waals surface area contributed by atoms with Crippen LogP contribution in [-0.2, 0) is 4.79 Å². The summed E-state index contributed by atoms with van der Waals surface area (Å²) >= 11 is 1.49. The summed E-state index contributed by atoms with van der Waals surface area (Å²) in [4.78, 5) is 23.2. The number of rotatable bonds is 3. The second-order valence-corrected chi connectivity index (χ2v) is 6.03. The van der Waals surface area contributed by atoms with Crippen molar-refractivity contribution in [2.75, 3.05) is 0 Å². The Morgan fingerprint density at radius 2 is 2.22 bits per heavy atom. The van der Waals surface area contributed by atoms with Gasteiger partial charge in [-0.2, -0.15) is 5.10 Å². The van der Waals surface area contributed by atoms with Crippen LogP contribution >= 0.6 is 11.3 Å². The summed E-state index contributed by atoms with van der Waals surface area (Å²) < 4.78 is 0. The first-order valence-corrected chi connectivity index (χ1v) is 7.72. The molecule has 0 N–H and O–H groups in total. The van der Waals surface area contributed by atoms with Crippen LogP contribution in [0.1, 0.15) is 29.8 Å². The van der Waals surface area contributed by atoms with Gasteiger partial charge in [0, 0.05) is 25.5 Å². The highest BCUT2D eigenvalue weighted by Gasteiger charge is 2.32. The molecule has 0 saturated heterocycles. The SMILES string of the molecule is CC(=O)N1N=C(c2cccs2)C[C@@H]1c1cc([N+](=O)[O-])ccc1[O-]. The Bertz CT molecular complexity index is 801. The molecule has 0 fully saturated rings. The maximum absolute atomic E-state index is 12.1. The van der Waals surface area contributed by atoms with E-state index in [1.165, 1.54) is 35.4 Å². The van der Waals surface area contributed by atoms with Crippen LogP contribution in [0.15, 0.2) is 40.8 Å². The summed E-state index contributed by atoms with van der Waals surface area (Å²) in [5.41, 5.74) is 0.739. The molecule has 0 spiro atoms. The standard InChI is InChI=1S/C15H13N3O4S/c1-9(19)17-13(8-12(16-17)15-3-2-6-23-15)11-7-10(18(21)22)4-5-14(11)20/h2-7,13,20H,8H2,1H3/p-1/t13-/m1/s1. The summed E-state index contributed by atoms with van der Waals surface area (Å²) in [5, 5.41) is 30.5. The highest BCUT2D eigenvalue weighted by Crippen LogP contribution is 2.38. The monoisotopic (exact) mass is 330 g/mol. The molecule has 7 nitrogen and oxygen atoms in total. The van der Waals surface area contributed by atoms with Crippen LogP contribution in [-0.4, -0.2) is 21.6 Å². The number of nitro groups is 1. The zero-order chi connectivity index (χ0) is 16.6. The highest BCUT2D eigenvalue weighted by molar-refractivity contribution is 7.12. The number of nitrogens with zero attached hydrogens (tertiary/aromatic N) is 3. The Morgan fingerprint density at radius 1 is 1.43 bits per heavy atom. The van der Waals surface area contributed by atoms with Crippen LogP contribution in [0.25, 0.3) is 0 Å². The lowest BCUT2D eigenvalue weighted by Gasteiger charge is -2.24. The summed E-state index contributed by atoms with van der Waals surface area (Å²) in [6, 6.07) is 6.71. The van der Waals surface area contributed by atoms with Gasteiger partial charge >= 0.3 is 0 Å². The van der Waals surface area contributed by atoms with E-state index in [-0.39, 0.29) is 22.9 Å². The Hall–Kier alpha value is -2.74. The van der Waals surface area contributed by atoms with Crippen molar-refractivity contribution in [2.45, 2.75) is 19.4 Å². The van der Waals surface area contributed by atoms with Crippen molar-refractivity contribution in [2.24, 2.45) is 5.10 Å². The molecule has 1 atom stereocenters. The third-order valence-electron chi connectivity index (χ3n) is 3.60. The smallest absolute Gasteiger partial charge is 0.269 e. The van der Waals surface area contributed by atoms with Gasteiger partial charge < -0.3 is 5.11 Å². The largest absolute Gasteiger partial charge is 0.872 e. The van der Waals surface area contributed by atoms with Crippen LogP contribution in [0.2, 0.25) is 0 Å². The quantitative estimate of drug-likeness (QED) is 0.637. The number of hydrogen-bond donors (Lipinski definition) is 0. The van der Waals surface area contributed by atoms with Gasteiger partial charge in [-0.3, -0.25) is 14.9 Å². The number of hydrogen-bond acceptors (Lipinski definition) is 6. The van der Waals surface area contributed by atoms with Crippen LogP contribution in [0.3, 0.4) is 0 Å². The van der Waals surface area contributed by atoms with Crippen LogP contribution in [0, 0.1) is 10.1 Å². The van der Waals surface area contributed by atoms with Gasteiger partial charge in [0.05, 0.1) is 21.6 Å². The number of nitro benzene ring substituents is 1. The topological polar surface area (TPSA) is 98.9 Å². The lowest BCUT2D eigenvalue weighted by molar-refractivity contribution is -0.385. The summed E-state index contributed by atoms with van der Waals surface area (Å²) in [6.45, 7) is 1.36. The van der Waals surface area contributed by atoms with Crippen molar-refractivity contribution in [3.8, 4) is 5.75 Å². The van der Waals surface area contributed by atoms with Gasteiger partial charge in [0.25, 0.3) is 5.69 Å². The molecule has 23 heavy (non-hydrogen) atoms. The molecule has 0 aliphatic carbocycles. The van der Waals surface area contributed by atoms with E-state index in [1.807, 2.05) is 17.5 Å². The molecule has 1 aliphatic rings. The second kappa shape index (κ2) is 5.81. The average molecular weight is 330 g/mol. The van der Waals surface area contributed by atoms with Crippen molar-refractivity contribution in [3.05, 3.63) is 56.3 Å². The minimum atomic E-state index is -0.614. The molecular weight excluding hydrogens is 318 g/mol. The van der Waals surface area contributed by atoms with E-state index < -0.39 is 11.0 Å². The fourth-order valence-corrected chi connectivity index (χ4v) is 3.27. The molecule has 1 aromatic carbocycles. The molecular formula is C15H12N3O4S-. The first kappa shape index (κ1) is 15.2. The maximum Gasteiger partial charge on any atom is 0.269 e. The minimum Gasteiger partial charge on any atom is -0.872 e. The molecule has 0 bridgehead atoms. The third-order valence-corrected chi connectivity index (χ3v) is 4.52. The van der Waals surface area contributed by atoms with E-state index in [0.717, 1.165) is 10.9 Å². The number of non-ortho nitro benzene ring substituents is 1. The number of amides is 1. The zero-order valence-electron chi connectivity index (χ0n) is 12.1. The third kappa shape index (κ3) is 2.80. The average Bonchev–Trinajstić information content (AvgIpc) is 3.16. The Kier molecular flexibility index (Phi) is 3.83. The first-order chi connectivity index (χ1) is 11.0. The maximum atomic E-state index is 12.1. The van der Waals surface area contributed by atoms with Crippen LogP contribution < -0.4 is 5.11 Å². The Labute approximate surface area is 135 Å². The van der Waals surface area contributed by atoms with Crippen molar-refractivity contribution in [1.82, 2.24) is 5.01 Å². The Balaban J connectivity index is 2.01. The number of benzene rings is 1. The highest BCUT2D eigenvalue weighted by atomic mass is 32.1. The van der Waals surface area contributed by atoms with Crippen molar-refractivity contribution >= 4 is 28.6 Å². The lowest BCUT2D eigenvalue weighted by atomic mass is 9.99. The van der Waals surface area contributed by atoms with Gasteiger partial charge in [-0.25, -0.2) is 5.01 Å². The van der Waals surface area contributed by atoms with Gasteiger partial charge in [0.2, 0.25) is 5.91 Å². The molecule has 1 aliphatic heterocycles. The minimum absolute atomic E-state index is 0.173. The van der Waals surface area contributed by atoms with E-state index in [9.17, 15) is 20.0 Å². The number of thiophene rings is 1. The van der Waals surface area contributed by atoms with Crippen molar-refractivity contribution < 1.29 is 14.8 Å². The first-order valence-electron chi connectivity index (χ1n) is 6.84. The number of carbonyl (C=O) groups excluding carboxylic acids is 1. The molecule has 0 saturated carbocycles. The van der Waals surface area contributed by atoms with Gasteiger partial charge in [-0.05, 0) is 17.0 Å². The predicted octanol–water partition coefficient (Wildman–Crippen LogP) is 2.43. The molecule has 8 heteroatoms.